The number of aromatic amines is 1. The van der Waals surface area contributed by atoms with Crippen molar-refractivity contribution in [3.05, 3.63) is 60.3 Å². The van der Waals surface area contributed by atoms with Gasteiger partial charge in [-0.3, -0.25) is 4.98 Å². The zero-order chi connectivity index (χ0) is 24.6. The summed E-state index contributed by atoms with van der Waals surface area (Å²) in [5, 5.41) is 1.04. The van der Waals surface area contributed by atoms with Crippen molar-refractivity contribution in [1.82, 2.24) is 14.9 Å². The fourth-order valence-corrected chi connectivity index (χ4v) is 4.24. The average Bonchev–Trinajstić information content (AvgIpc) is 3.48. The highest BCUT2D eigenvalue weighted by molar-refractivity contribution is 5.83. The molecule has 0 unspecified atom stereocenters. The van der Waals surface area contributed by atoms with Gasteiger partial charge in [0.25, 0.3) is 0 Å². The van der Waals surface area contributed by atoms with Gasteiger partial charge >= 0.3 is 6.09 Å². The van der Waals surface area contributed by atoms with Gasteiger partial charge in [-0.2, -0.15) is 0 Å². The van der Waals surface area contributed by atoms with E-state index in [1.807, 2.05) is 69.3 Å². The lowest BCUT2D eigenvalue weighted by molar-refractivity contribution is 0.0240. The molecule has 0 saturated carbocycles. The van der Waals surface area contributed by atoms with Crippen LogP contribution in [0.5, 0.6) is 0 Å². The number of piperazine rings is 1. The molecule has 35 heavy (non-hydrogen) atoms. The Bertz CT molecular complexity index is 1380. The lowest BCUT2D eigenvalue weighted by Gasteiger charge is -2.36. The molecule has 1 N–H and O–H groups in total. The third-order valence-corrected chi connectivity index (χ3v) is 5.95. The first kappa shape index (κ1) is 22.6. The number of rotatable bonds is 3. The summed E-state index contributed by atoms with van der Waals surface area (Å²) in [7, 11) is 0. The minimum atomic E-state index is -0.509. The predicted molar refractivity (Wildman–Crippen MR) is 137 cm³/mol. The third-order valence-electron chi connectivity index (χ3n) is 5.95. The maximum Gasteiger partial charge on any atom is 0.410 e. The number of anilines is 1. The number of carbonyl (C=O) groups is 1. The van der Waals surface area contributed by atoms with Crippen molar-refractivity contribution in [2.45, 2.75) is 26.4 Å². The van der Waals surface area contributed by atoms with Gasteiger partial charge in [0.1, 0.15) is 22.7 Å². The highest BCUT2D eigenvalue weighted by atomic mass is 16.6. The molecular weight excluding hydrogens is 440 g/mol. The molecule has 1 amide bonds. The molecule has 1 saturated heterocycles. The van der Waals surface area contributed by atoms with Gasteiger partial charge in [-0.15, -0.1) is 6.42 Å². The van der Waals surface area contributed by atoms with Crippen LogP contribution in [0.2, 0.25) is 0 Å². The lowest BCUT2D eigenvalue weighted by Crippen LogP contribution is -2.50. The van der Waals surface area contributed by atoms with Gasteiger partial charge < -0.3 is 23.9 Å². The molecule has 0 bridgehead atoms. The predicted octanol–water partition coefficient (Wildman–Crippen LogP) is 5.53. The Hall–Kier alpha value is -4.18. The van der Waals surface area contributed by atoms with Crippen molar-refractivity contribution in [1.29, 1.82) is 0 Å². The van der Waals surface area contributed by atoms with Crippen molar-refractivity contribution in [3.8, 4) is 35.1 Å². The smallest absolute Gasteiger partial charge is 0.410 e. The number of para-hydroxylation sites is 1. The molecule has 1 aromatic carbocycles. The van der Waals surface area contributed by atoms with Crippen LogP contribution in [0.1, 0.15) is 26.3 Å². The van der Waals surface area contributed by atoms with Crippen LogP contribution in [0.15, 0.2) is 59.1 Å². The van der Waals surface area contributed by atoms with Crippen molar-refractivity contribution in [3.63, 3.8) is 0 Å². The second-order valence-corrected chi connectivity index (χ2v) is 9.62. The monoisotopic (exact) mass is 468 g/mol. The average molecular weight is 469 g/mol. The normalized spacial score (nSPS) is 14.2. The van der Waals surface area contributed by atoms with Gasteiger partial charge in [0.05, 0.1) is 5.56 Å². The molecule has 5 rings (SSSR count). The first-order chi connectivity index (χ1) is 16.8. The fourth-order valence-electron chi connectivity index (χ4n) is 4.24. The molecule has 7 heteroatoms. The second-order valence-electron chi connectivity index (χ2n) is 9.62. The molecule has 0 spiro atoms. The minimum Gasteiger partial charge on any atom is -0.454 e. The Kier molecular flexibility index (Phi) is 5.73. The van der Waals surface area contributed by atoms with Crippen molar-refractivity contribution in [2.24, 2.45) is 0 Å². The number of H-pyrrole nitrogens is 1. The summed E-state index contributed by atoms with van der Waals surface area (Å²) in [6.45, 7) is 8.08. The highest BCUT2D eigenvalue weighted by Gasteiger charge is 2.27. The molecule has 4 aromatic rings. The number of terminal acetylenes is 1. The third kappa shape index (κ3) is 4.73. The van der Waals surface area contributed by atoms with Gasteiger partial charge in [-0.25, -0.2) is 4.79 Å². The van der Waals surface area contributed by atoms with E-state index < -0.39 is 5.60 Å². The number of nitrogens with one attached hydrogen (secondary N) is 1. The number of pyridine rings is 1. The maximum absolute atomic E-state index is 12.4. The first-order valence-corrected chi connectivity index (χ1v) is 11.7. The molecule has 4 heterocycles. The summed E-state index contributed by atoms with van der Waals surface area (Å²) >= 11 is 0. The van der Waals surface area contributed by atoms with Gasteiger partial charge in [-0.05, 0) is 51.1 Å². The molecular formula is C28H28N4O3. The standard InChI is InChI=1S/C28H28N4O3/c1-5-19-16-22(30-26(19)31-12-14-32(15-13-31)27(33)35-28(2,3)4)20-10-11-29-23(17-20)25-18-21-8-6-7-9-24(21)34-25/h1,6-11,16-18,30H,12-15H2,2-4H3. The van der Waals surface area contributed by atoms with Gasteiger partial charge in [-0.1, -0.05) is 24.1 Å². The number of furan rings is 1. The number of aromatic nitrogens is 2. The minimum absolute atomic E-state index is 0.281. The Morgan fingerprint density at radius 2 is 1.89 bits per heavy atom. The van der Waals surface area contributed by atoms with Crippen LogP contribution >= 0.6 is 0 Å². The van der Waals surface area contributed by atoms with E-state index in [-0.39, 0.29) is 6.09 Å². The van der Waals surface area contributed by atoms with E-state index in [0.29, 0.717) is 26.2 Å². The van der Waals surface area contributed by atoms with E-state index in [2.05, 4.69) is 20.8 Å². The van der Waals surface area contributed by atoms with Crippen molar-refractivity contribution in [2.75, 3.05) is 31.1 Å². The van der Waals surface area contributed by atoms with Crippen LogP contribution in [0.4, 0.5) is 10.6 Å². The maximum atomic E-state index is 12.4. The molecule has 1 fully saturated rings. The number of fused-ring (bicyclic) bond motifs is 1. The summed E-state index contributed by atoms with van der Waals surface area (Å²) in [6, 6.07) is 15.8. The van der Waals surface area contributed by atoms with Gasteiger partial charge in [0.15, 0.2) is 5.76 Å². The number of hydrogen-bond acceptors (Lipinski definition) is 5. The molecule has 0 radical (unpaired) electrons. The zero-order valence-electron chi connectivity index (χ0n) is 20.2. The van der Waals surface area contributed by atoms with E-state index in [1.165, 1.54) is 0 Å². The van der Waals surface area contributed by atoms with E-state index in [1.54, 1.807) is 11.1 Å². The van der Waals surface area contributed by atoms with Crippen molar-refractivity contribution >= 4 is 22.9 Å². The Labute approximate surface area is 204 Å². The van der Waals surface area contributed by atoms with E-state index in [9.17, 15) is 4.79 Å². The summed E-state index contributed by atoms with van der Waals surface area (Å²) in [5.74, 6) is 4.40. The van der Waals surface area contributed by atoms with Gasteiger partial charge in [0.2, 0.25) is 0 Å². The van der Waals surface area contributed by atoms with Crippen LogP contribution in [-0.4, -0.2) is 52.7 Å². The molecule has 7 nitrogen and oxygen atoms in total. The lowest BCUT2D eigenvalue weighted by atomic mass is 10.1. The van der Waals surface area contributed by atoms with E-state index in [4.69, 9.17) is 15.6 Å². The number of nitrogens with zero attached hydrogens (tertiary/aromatic N) is 3. The zero-order valence-corrected chi connectivity index (χ0v) is 20.2. The van der Waals surface area contributed by atoms with Crippen LogP contribution in [-0.2, 0) is 4.74 Å². The van der Waals surface area contributed by atoms with Crippen LogP contribution < -0.4 is 4.90 Å². The molecule has 0 aliphatic carbocycles. The molecule has 3 aromatic heterocycles. The fraction of sp³-hybridized carbons (Fsp3) is 0.286. The summed E-state index contributed by atoms with van der Waals surface area (Å²) in [4.78, 5) is 24.3. The van der Waals surface area contributed by atoms with E-state index >= 15 is 0 Å². The SMILES string of the molecule is C#Cc1cc(-c2ccnc(-c3cc4ccccc4o3)c2)[nH]c1N1CCN(C(=O)OC(C)(C)C)CC1. The number of ether oxygens (including phenoxy) is 1. The van der Waals surface area contributed by atoms with Crippen molar-refractivity contribution < 1.29 is 13.9 Å². The molecule has 178 valence electrons. The Morgan fingerprint density at radius 1 is 1.11 bits per heavy atom. The number of amides is 1. The first-order valence-electron chi connectivity index (χ1n) is 11.7. The van der Waals surface area contributed by atoms with Crippen LogP contribution in [0, 0.1) is 12.3 Å². The number of benzene rings is 1. The Balaban J connectivity index is 1.36. The molecule has 1 aliphatic heterocycles. The largest absolute Gasteiger partial charge is 0.454 e. The number of carbonyl (C=O) groups excluding carboxylic acids is 1. The second kappa shape index (κ2) is 8.88. The highest BCUT2D eigenvalue weighted by Crippen LogP contribution is 2.32. The Morgan fingerprint density at radius 3 is 2.60 bits per heavy atom. The molecule has 1 aliphatic rings. The molecule has 0 atom stereocenters. The summed E-state index contributed by atoms with van der Waals surface area (Å²) in [6.07, 6.45) is 7.34. The summed E-state index contributed by atoms with van der Waals surface area (Å²) < 4.78 is 11.5. The van der Waals surface area contributed by atoms with E-state index in [0.717, 1.165) is 45.1 Å². The van der Waals surface area contributed by atoms with Gasteiger partial charge in [0, 0.05) is 49.0 Å². The quantitative estimate of drug-likeness (QED) is 0.400. The number of hydrogen-bond donors (Lipinski definition) is 1. The summed E-state index contributed by atoms with van der Waals surface area (Å²) in [5.41, 5.74) is 3.73. The topological polar surface area (TPSA) is 74.6 Å². The van der Waals surface area contributed by atoms with Crippen LogP contribution in [0.3, 0.4) is 0 Å². The van der Waals surface area contributed by atoms with Crippen LogP contribution in [0.25, 0.3) is 33.7 Å².